The number of fused-ring (bicyclic) bond motifs is 1. The van der Waals surface area contributed by atoms with E-state index in [2.05, 4.69) is 12.1 Å². The molecule has 0 amide bonds. The van der Waals surface area contributed by atoms with Gasteiger partial charge in [0.15, 0.2) is 0 Å². The van der Waals surface area contributed by atoms with Crippen molar-refractivity contribution in [2.75, 3.05) is 13.2 Å². The Morgan fingerprint density at radius 3 is 2.90 bits per heavy atom. The van der Waals surface area contributed by atoms with Crippen LogP contribution >= 0.6 is 0 Å². The summed E-state index contributed by atoms with van der Waals surface area (Å²) in [6.07, 6.45) is 7.46. The molecule has 3 rings (SSSR count). The summed E-state index contributed by atoms with van der Waals surface area (Å²) < 4.78 is 11.4. The highest BCUT2D eigenvalue weighted by Gasteiger charge is 2.24. The Hall–Kier alpha value is -1.06. The Morgan fingerprint density at radius 1 is 1.14 bits per heavy atom. The zero-order chi connectivity index (χ0) is 14.5. The highest BCUT2D eigenvalue weighted by atomic mass is 16.5. The lowest BCUT2D eigenvalue weighted by Crippen LogP contribution is -2.23. The summed E-state index contributed by atoms with van der Waals surface area (Å²) in [7, 11) is 0. The van der Waals surface area contributed by atoms with Crippen molar-refractivity contribution in [1.29, 1.82) is 0 Å². The first kappa shape index (κ1) is 14.9. The van der Waals surface area contributed by atoms with Gasteiger partial charge >= 0.3 is 0 Å². The highest BCUT2D eigenvalue weighted by molar-refractivity contribution is 5.37. The van der Waals surface area contributed by atoms with Crippen LogP contribution in [-0.2, 0) is 4.74 Å². The van der Waals surface area contributed by atoms with E-state index in [4.69, 9.17) is 9.47 Å². The normalized spacial score (nSPS) is 26.7. The maximum atomic E-state index is 10.4. The fourth-order valence-corrected chi connectivity index (χ4v) is 3.52. The Bertz CT molecular complexity index is 440. The van der Waals surface area contributed by atoms with Gasteiger partial charge < -0.3 is 14.6 Å². The second kappa shape index (κ2) is 7.28. The van der Waals surface area contributed by atoms with Crippen LogP contribution < -0.4 is 4.74 Å². The molecule has 2 heterocycles. The molecule has 1 fully saturated rings. The molecule has 1 aromatic rings. The number of benzene rings is 1. The third kappa shape index (κ3) is 3.98. The van der Waals surface area contributed by atoms with Gasteiger partial charge in [0.25, 0.3) is 0 Å². The van der Waals surface area contributed by atoms with Gasteiger partial charge in [0.05, 0.1) is 18.8 Å². The first-order valence-corrected chi connectivity index (χ1v) is 8.34. The van der Waals surface area contributed by atoms with Gasteiger partial charge in [-0.1, -0.05) is 18.2 Å². The summed E-state index contributed by atoms with van der Waals surface area (Å²) in [6, 6.07) is 8.24. The lowest BCUT2D eigenvalue weighted by atomic mass is 9.87. The summed E-state index contributed by atoms with van der Waals surface area (Å²) >= 11 is 0. The number of hydrogen-bond acceptors (Lipinski definition) is 3. The summed E-state index contributed by atoms with van der Waals surface area (Å²) in [5.41, 5.74) is 1.26. The molecule has 0 aliphatic carbocycles. The SMILES string of the molecule is OC(CCC1CCCCO1)CC1CCOc2ccccc21. The fraction of sp³-hybridized carbons (Fsp3) is 0.667. The second-order valence-electron chi connectivity index (χ2n) is 6.33. The van der Waals surface area contributed by atoms with Crippen LogP contribution in [0.1, 0.15) is 56.4 Å². The van der Waals surface area contributed by atoms with E-state index < -0.39 is 0 Å². The van der Waals surface area contributed by atoms with E-state index in [9.17, 15) is 5.11 Å². The minimum atomic E-state index is -0.230. The van der Waals surface area contributed by atoms with E-state index in [1.807, 2.05) is 12.1 Å². The van der Waals surface area contributed by atoms with Crippen LogP contribution in [0.3, 0.4) is 0 Å². The van der Waals surface area contributed by atoms with Crippen LogP contribution in [-0.4, -0.2) is 30.5 Å². The molecule has 3 nitrogen and oxygen atoms in total. The van der Waals surface area contributed by atoms with Gasteiger partial charge in [-0.15, -0.1) is 0 Å². The summed E-state index contributed by atoms with van der Waals surface area (Å²) in [6.45, 7) is 1.66. The van der Waals surface area contributed by atoms with Gasteiger partial charge in [0.1, 0.15) is 5.75 Å². The number of para-hydroxylation sites is 1. The number of hydrogen-bond donors (Lipinski definition) is 1. The Kier molecular flexibility index (Phi) is 5.15. The van der Waals surface area contributed by atoms with Crippen LogP contribution in [0.2, 0.25) is 0 Å². The standard InChI is InChI=1S/C18H26O3/c19-15(8-9-16-5-3-4-11-20-16)13-14-10-12-21-18-7-2-1-6-17(14)18/h1-2,6-7,14-16,19H,3-5,8-13H2. The van der Waals surface area contributed by atoms with Gasteiger partial charge in [0, 0.05) is 6.61 Å². The monoisotopic (exact) mass is 290 g/mol. The molecule has 3 atom stereocenters. The van der Waals surface area contributed by atoms with E-state index >= 15 is 0 Å². The topological polar surface area (TPSA) is 38.7 Å². The number of ether oxygens (including phenoxy) is 2. The fourth-order valence-electron chi connectivity index (χ4n) is 3.52. The van der Waals surface area contributed by atoms with Crippen molar-refractivity contribution in [3.8, 4) is 5.75 Å². The molecule has 0 aromatic heterocycles. The van der Waals surface area contributed by atoms with Gasteiger partial charge in [-0.05, 0) is 62.5 Å². The lowest BCUT2D eigenvalue weighted by Gasteiger charge is -2.28. The van der Waals surface area contributed by atoms with E-state index in [0.717, 1.165) is 51.1 Å². The second-order valence-corrected chi connectivity index (χ2v) is 6.33. The summed E-state index contributed by atoms with van der Waals surface area (Å²) in [5.74, 6) is 1.42. The average molecular weight is 290 g/mol. The first-order valence-electron chi connectivity index (χ1n) is 8.34. The molecule has 2 aliphatic rings. The summed E-state index contributed by atoms with van der Waals surface area (Å²) in [4.78, 5) is 0. The molecule has 0 saturated carbocycles. The van der Waals surface area contributed by atoms with Crippen LogP contribution in [0.5, 0.6) is 5.75 Å². The number of aliphatic hydroxyl groups is 1. The van der Waals surface area contributed by atoms with Crippen LogP contribution in [0.15, 0.2) is 24.3 Å². The molecule has 116 valence electrons. The molecule has 3 heteroatoms. The van der Waals surface area contributed by atoms with E-state index in [1.54, 1.807) is 0 Å². The number of rotatable bonds is 5. The number of aliphatic hydroxyl groups excluding tert-OH is 1. The zero-order valence-electron chi connectivity index (χ0n) is 12.7. The first-order chi connectivity index (χ1) is 10.3. The molecule has 0 bridgehead atoms. The predicted molar refractivity (Wildman–Crippen MR) is 82.7 cm³/mol. The van der Waals surface area contributed by atoms with E-state index in [1.165, 1.54) is 18.4 Å². The molecule has 2 aliphatic heterocycles. The van der Waals surface area contributed by atoms with Crippen molar-refractivity contribution in [3.63, 3.8) is 0 Å². The molecule has 1 N–H and O–H groups in total. The third-order valence-corrected chi connectivity index (χ3v) is 4.74. The van der Waals surface area contributed by atoms with Crippen LogP contribution in [0.4, 0.5) is 0 Å². The Morgan fingerprint density at radius 2 is 2.05 bits per heavy atom. The van der Waals surface area contributed by atoms with E-state index in [0.29, 0.717) is 12.0 Å². The maximum absolute atomic E-state index is 10.4. The van der Waals surface area contributed by atoms with Crippen LogP contribution in [0, 0.1) is 0 Å². The molecule has 0 radical (unpaired) electrons. The van der Waals surface area contributed by atoms with Crippen molar-refractivity contribution in [2.24, 2.45) is 0 Å². The highest BCUT2D eigenvalue weighted by Crippen LogP contribution is 2.36. The van der Waals surface area contributed by atoms with Crippen molar-refractivity contribution < 1.29 is 14.6 Å². The molecule has 0 spiro atoms. The summed E-state index contributed by atoms with van der Waals surface area (Å²) in [5, 5.41) is 10.4. The smallest absolute Gasteiger partial charge is 0.122 e. The molecule has 21 heavy (non-hydrogen) atoms. The van der Waals surface area contributed by atoms with Crippen molar-refractivity contribution in [2.45, 2.75) is 63.1 Å². The molecular formula is C18H26O3. The van der Waals surface area contributed by atoms with Gasteiger partial charge in [-0.3, -0.25) is 0 Å². The van der Waals surface area contributed by atoms with Crippen molar-refractivity contribution in [1.82, 2.24) is 0 Å². The average Bonchev–Trinajstić information content (AvgIpc) is 2.54. The quantitative estimate of drug-likeness (QED) is 0.899. The van der Waals surface area contributed by atoms with Crippen molar-refractivity contribution in [3.05, 3.63) is 29.8 Å². The Labute approximate surface area is 127 Å². The zero-order valence-corrected chi connectivity index (χ0v) is 12.7. The van der Waals surface area contributed by atoms with Crippen LogP contribution in [0.25, 0.3) is 0 Å². The molecular weight excluding hydrogens is 264 g/mol. The largest absolute Gasteiger partial charge is 0.493 e. The van der Waals surface area contributed by atoms with Gasteiger partial charge in [-0.2, -0.15) is 0 Å². The van der Waals surface area contributed by atoms with Gasteiger partial charge in [-0.25, -0.2) is 0 Å². The minimum absolute atomic E-state index is 0.230. The minimum Gasteiger partial charge on any atom is -0.493 e. The Balaban J connectivity index is 1.49. The third-order valence-electron chi connectivity index (χ3n) is 4.74. The molecule has 1 saturated heterocycles. The van der Waals surface area contributed by atoms with Crippen molar-refractivity contribution >= 4 is 0 Å². The van der Waals surface area contributed by atoms with E-state index in [-0.39, 0.29) is 6.10 Å². The maximum Gasteiger partial charge on any atom is 0.122 e. The molecule has 3 unspecified atom stereocenters. The predicted octanol–water partition coefficient (Wildman–Crippen LogP) is 3.65. The lowest BCUT2D eigenvalue weighted by molar-refractivity contribution is 0.000978. The van der Waals surface area contributed by atoms with Gasteiger partial charge in [0.2, 0.25) is 0 Å². The molecule has 1 aromatic carbocycles.